The summed E-state index contributed by atoms with van der Waals surface area (Å²) in [6.45, 7) is 2.06. The molecule has 1 unspecified atom stereocenters. The Labute approximate surface area is 170 Å². The van der Waals surface area contributed by atoms with Crippen LogP contribution < -0.4 is 20.7 Å². The molecule has 8 nitrogen and oxygen atoms in total. The molecular weight excluding hydrogens is 370 g/mol. The third-order valence-corrected chi connectivity index (χ3v) is 4.67. The van der Waals surface area contributed by atoms with E-state index in [-0.39, 0.29) is 11.8 Å². The molecule has 8 heteroatoms. The van der Waals surface area contributed by atoms with Gasteiger partial charge in [0, 0.05) is 57.0 Å². The summed E-state index contributed by atoms with van der Waals surface area (Å²) in [6.07, 6.45) is 2.14. The molecule has 1 aliphatic rings. The van der Waals surface area contributed by atoms with Crippen LogP contribution in [-0.2, 0) is 16.1 Å². The third kappa shape index (κ3) is 5.68. The monoisotopic (exact) mass is 397 g/mol. The van der Waals surface area contributed by atoms with E-state index >= 15 is 0 Å². The number of anilines is 1. The average Bonchev–Trinajstić information content (AvgIpc) is 2.74. The minimum atomic E-state index is 0.0339. The van der Waals surface area contributed by atoms with Crippen LogP contribution in [0.4, 0.5) is 5.69 Å². The number of nitrogens with zero attached hydrogens (tertiary/aromatic N) is 2. The zero-order valence-electron chi connectivity index (χ0n) is 16.8. The Morgan fingerprint density at radius 3 is 2.93 bits per heavy atom. The van der Waals surface area contributed by atoms with Gasteiger partial charge in [0.05, 0.1) is 6.61 Å². The van der Waals surface area contributed by atoms with Crippen molar-refractivity contribution in [2.45, 2.75) is 18.9 Å². The van der Waals surface area contributed by atoms with Crippen LogP contribution in [0.25, 0.3) is 0 Å². The molecule has 0 aliphatic carbocycles. The molecule has 0 spiro atoms. The molecule has 1 aromatic heterocycles. The van der Waals surface area contributed by atoms with E-state index in [4.69, 9.17) is 9.47 Å². The minimum Gasteiger partial charge on any atom is -0.475 e. The number of guanidine groups is 1. The van der Waals surface area contributed by atoms with Gasteiger partial charge in [-0.05, 0) is 17.7 Å². The number of carbonyl (C=O) groups is 1. The summed E-state index contributed by atoms with van der Waals surface area (Å²) in [7, 11) is 3.35. The third-order valence-electron chi connectivity index (χ3n) is 4.67. The van der Waals surface area contributed by atoms with Crippen LogP contribution in [0.2, 0.25) is 0 Å². The number of rotatable bonds is 8. The Hall–Kier alpha value is -3.13. The highest BCUT2D eigenvalue weighted by Gasteiger charge is 2.24. The van der Waals surface area contributed by atoms with Crippen LogP contribution in [0.5, 0.6) is 5.88 Å². The summed E-state index contributed by atoms with van der Waals surface area (Å²) in [4.78, 5) is 20.6. The summed E-state index contributed by atoms with van der Waals surface area (Å²) in [5.74, 6) is 1.35. The summed E-state index contributed by atoms with van der Waals surface area (Å²) in [5, 5.41) is 9.52. The second-order valence-electron chi connectivity index (χ2n) is 6.65. The van der Waals surface area contributed by atoms with Crippen LogP contribution in [0.3, 0.4) is 0 Å². The maximum Gasteiger partial charge on any atom is 0.225 e. The zero-order chi connectivity index (χ0) is 20.5. The lowest BCUT2D eigenvalue weighted by atomic mass is 9.90. The predicted octanol–water partition coefficient (Wildman–Crippen LogP) is 1.90. The summed E-state index contributed by atoms with van der Waals surface area (Å²) >= 11 is 0. The summed E-state index contributed by atoms with van der Waals surface area (Å²) in [5.41, 5.74) is 2.94. The second kappa shape index (κ2) is 10.4. The van der Waals surface area contributed by atoms with Gasteiger partial charge in [0.15, 0.2) is 5.96 Å². The number of nitrogens with one attached hydrogen (secondary N) is 3. The van der Waals surface area contributed by atoms with Gasteiger partial charge in [0.1, 0.15) is 6.61 Å². The highest BCUT2D eigenvalue weighted by molar-refractivity contribution is 5.94. The van der Waals surface area contributed by atoms with E-state index in [2.05, 4.69) is 32.0 Å². The molecule has 29 heavy (non-hydrogen) atoms. The molecule has 0 saturated carbocycles. The van der Waals surface area contributed by atoms with Gasteiger partial charge in [0.25, 0.3) is 0 Å². The molecule has 2 aromatic rings. The lowest BCUT2D eigenvalue weighted by Crippen LogP contribution is -2.40. The van der Waals surface area contributed by atoms with Crippen molar-refractivity contribution in [2.24, 2.45) is 4.99 Å². The topological polar surface area (TPSA) is 96.9 Å². The molecule has 3 rings (SSSR count). The Balaban J connectivity index is 1.57. The van der Waals surface area contributed by atoms with E-state index in [9.17, 15) is 4.79 Å². The second-order valence-corrected chi connectivity index (χ2v) is 6.65. The fourth-order valence-corrected chi connectivity index (χ4v) is 3.21. The number of aliphatic imine (C=N–C) groups is 1. The first-order chi connectivity index (χ1) is 14.2. The van der Waals surface area contributed by atoms with Crippen molar-refractivity contribution in [3.05, 3.63) is 53.7 Å². The van der Waals surface area contributed by atoms with Gasteiger partial charge >= 0.3 is 0 Å². The van der Waals surface area contributed by atoms with Gasteiger partial charge in [-0.2, -0.15) is 0 Å². The van der Waals surface area contributed by atoms with Crippen LogP contribution in [0, 0.1) is 0 Å². The van der Waals surface area contributed by atoms with Gasteiger partial charge in [-0.1, -0.05) is 24.3 Å². The molecule has 0 fully saturated rings. The van der Waals surface area contributed by atoms with E-state index in [0.717, 1.165) is 16.8 Å². The molecule has 0 radical (unpaired) electrons. The Bertz CT molecular complexity index is 856. The summed E-state index contributed by atoms with van der Waals surface area (Å²) in [6, 6.07) is 11.7. The highest BCUT2D eigenvalue weighted by Crippen LogP contribution is 2.31. The number of fused-ring (bicyclic) bond motifs is 1. The summed E-state index contributed by atoms with van der Waals surface area (Å²) < 4.78 is 10.7. The van der Waals surface area contributed by atoms with Crippen LogP contribution in [0.1, 0.15) is 23.5 Å². The van der Waals surface area contributed by atoms with Gasteiger partial charge in [-0.25, -0.2) is 4.98 Å². The quantitative estimate of drug-likeness (QED) is 0.358. The van der Waals surface area contributed by atoms with E-state index in [1.807, 2.05) is 30.3 Å². The number of methoxy groups -OCH3 is 1. The standard InChI is InChI=1S/C21H27N5O3/c1-22-21(24-13-15-6-5-9-23-20(15)29-11-10-28-2)25-14-16-12-19(27)26-18-8-4-3-7-17(16)18/h3-9,16H,10-14H2,1-2H3,(H,26,27)(H2,22,24,25). The number of hydrogen-bond donors (Lipinski definition) is 3. The Morgan fingerprint density at radius 2 is 2.10 bits per heavy atom. The number of aromatic nitrogens is 1. The van der Waals surface area contributed by atoms with Crippen LogP contribution in [-0.4, -0.2) is 50.8 Å². The van der Waals surface area contributed by atoms with Gasteiger partial charge in [0.2, 0.25) is 11.8 Å². The molecule has 0 bridgehead atoms. The number of pyridine rings is 1. The van der Waals surface area contributed by atoms with Crippen LogP contribution >= 0.6 is 0 Å². The lowest BCUT2D eigenvalue weighted by molar-refractivity contribution is -0.116. The maximum atomic E-state index is 12.0. The highest BCUT2D eigenvalue weighted by atomic mass is 16.5. The number of carbonyl (C=O) groups excluding carboxylic acids is 1. The molecule has 0 saturated heterocycles. The largest absolute Gasteiger partial charge is 0.475 e. The average molecular weight is 397 g/mol. The normalized spacial score (nSPS) is 16.0. The Kier molecular flexibility index (Phi) is 7.40. The number of para-hydroxylation sites is 1. The van der Waals surface area contributed by atoms with E-state index < -0.39 is 0 Å². The molecule has 1 aliphatic heterocycles. The lowest BCUT2D eigenvalue weighted by Gasteiger charge is -2.26. The number of amides is 1. The van der Waals surface area contributed by atoms with Crippen LogP contribution in [0.15, 0.2) is 47.6 Å². The van der Waals surface area contributed by atoms with Crippen molar-refractivity contribution in [3.63, 3.8) is 0 Å². The molecular formula is C21H27N5O3. The van der Waals surface area contributed by atoms with Gasteiger partial charge in [-0.15, -0.1) is 0 Å². The number of benzene rings is 1. The van der Waals surface area contributed by atoms with Gasteiger partial charge < -0.3 is 25.4 Å². The molecule has 2 heterocycles. The Morgan fingerprint density at radius 1 is 1.24 bits per heavy atom. The van der Waals surface area contributed by atoms with Gasteiger partial charge in [-0.3, -0.25) is 9.79 Å². The van der Waals surface area contributed by atoms with E-state index in [0.29, 0.717) is 44.6 Å². The van der Waals surface area contributed by atoms with Crippen molar-refractivity contribution in [2.75, 3.05) is 39.2 Å². The predicted molar refractivity (Wildman–Crippen MR) is 112 cm³/mol. The smallest absolute Gasteiger partial charge is 0.225 e. The SMILES string of the molecule is CN=C(NCc1cccnc1OCCOC)NCC1CC(=O)Nc2ccccc21. The molecule has 154 valence electrons. The molecule has 1 aromatic carbocycles. The van der Waals surface area contributed by atoms with Crippen molar-refractivity contribution in [1.82, 2.24) is 15.6 Å². The first kappa shape index (κ1) is 20.6. The van der Waals surface area contributed by atoms with Crippen molar-refractivity contribution in [1.29, 1.82) is 0 Å². The fourth-order valence-electron chi connectivity index (χ4n) is 3.21. The van der Waals surface area contributed by atoms with Crippen molar-refractivity contribution >= 4 is 17.6 Å². The zero-order valence-corrected chi connectivity index (χ0v) is 16.8. The first-order valence-corrected chi connectivity index (χ1v) is 9.60. The van der Waals surface area contributed by atoms with Crippen molar-refractivity contribution < 1.29 is 14.3 Å². The van der Waals surface area contributed by atoms with Crippen molar-refractivity contribution in [3.8, 4) is 5.88 Å². The minimum absolute atomic E-state index is 0.0339. The fraction of sp³-hybridized carbons (Fsp3) is 0.381. The maximum absolute atomic E-state index is 12.0. The number of ether oxygens (including phenoxy) is 2. The molecule has 3 N–H and O–H groups in total. The van der Waals surface area contributed by atoms with E-state index in [1.54, 1.807) is 20.4 Å². The number of hydrogen-bond acceptors (Lipinski definition) is 5. The van der Waals surface area contributed by atoms with E-state index in [1.165, 1.54) is 0 Å². The first-order valence-electron chi connectivity index (χ1n) is 9.60. The molecule has 1 atom stereocenters. The molecule has 1 amide bonds.